The fourth-order valence-corrected chi connectivity index (χ4v) is 2.18. The van der Waals surface area contributed by atoms with Gasteiger partial charge in [0.15, 0.2) is 0 Å². The zero-order valence-electron chi connectivity index (χ0n) is 11.2. The lowest BCUT2D eigenvalue weighted by molar-refractivity contribution is -0.139. The van der Waals surface area contributed by atoms with Crippen molar-refractivity contribution in [2.24, 2.45) is 5.41 Å². The van der Waals surface area contributed by atoms with Gasteiger partial charge in [-0.2, -0.15) is 5.26 Å². The van der Waals surface area contributed by atoms with E-state index in [1.54, 1.807) is 32.0 Å². The van der Waals surface area contributed by atoms with Crippen LogP contribution in [0.3, 0.4) is 0 Å². The highest BCUT2D eigenvalue weighted by atomic mass is 79.9. The number of nitrogens with zero attached hydrogens (tertiary/aromatic N) is 1. The quantitative estimate of drug-likeness (QED) is 0.862. The number of hydrogen-bond acceptors (Lipinski definition) is 3. The zero-order chi connectivity index (χ0) is 15.3. The van der Waals surface area contributed by atoms with E-state index >= 15 is 0 Å². The molecule has 0 saturated heterocycles. The van der Waals surface area contributed by atoms with E-state index < -0.39 is 11.4 Å². The Bertz CT molecular complexity index is 576. The highest BCUT2D eigenvalue weighted by molar-refractivity contribution is 9.10. The second kappa shape index (κ2) is 6.53. The Morgan fingerprint density at radius 1 is 1.40 bits per heavy atom. The molecule has 2 N–H and O–H groups in total. The van der Waals surface area contributed by atoms with E-state index in [1.807, 2.05) is 6.07 Å². The molecule has 1 aromatic rings. The van der Waals surface area contributed by atoms with Gasteiger partial charge in [0.05, 0.1) is 17.7 Å². The van der Waals surface area contributed by atoms with Crippen molar-refractivity contribution in [2.75, 3.05) is 5.32 Å². The predicted molar refractivity (Wildman–Crippen MR) is 78.1 cm³/mol. The van der Waals surface area contributed by atoms with Gasteiger partial charge in [0.1, 0.15) is 6.07 Å². The summed E-state index contributed by atoms with van der Waals surface area (Å²) < 4.78 is 0.748. The first kappa shape index (κ1) is 16.2. The molecule has 106 valence electrons. The normalized spacial score (nSPS) is 10.7. The standard InChI is InChI=1S/C14H15BrN2O3/c1-14(2,7-13(19)20)6-12(18)17-11-4-3-10(15)5-9(11)8-16/h3-5H,6-7H2,1-2H3,(H,17,18)(H,19,20). The number of carboxylic acids is 1. The molecule has 1 rings (SSSR count). The van der Waals surface area contributed by atoms with Crippen LogP contribution in [0.25, 0.3) is 0 Å². The third-order valence-corrected chi connectivity index (χ3v) is 3.14. The molecule has 6 heteroatoms. The molecule has 0 atom stereocenters. The Kier molecular flexibility index (Phi) is 5.28. The number of benzene rings is 1. The minimum Gasteiger partial charge on any atom is -0.481 e. The molecular formula is C14H15BrN2O3. The number of carbonyl (C=O) groups excluding carboxylic acids is 1. The van der Waals surface area contributed by atoms with E-state index in [0.29, 0.717) is 11.3 Å². The number of carbonyl (C=O) groups is 2. The molecule has 0 fully saturated rings. The van der Waals surface area contributed by atoms with Gasteiger partial charge in [0.25, 0.3) is 0 Å². The lowest BCUT2D eigenvalue weighted by atomic mass is 9.85. The summed E-state index contributed by atoms with van der Waals surface area (Å²) in [4.78, 5) is 22.7. The van der Waals surface area contributed by atoms with Crippen LogP contribution in [0.5, 0.6) is 0 Å². The van der Waals surface area contributed by atoms with Crippen LogP contribution in [0.4, 0.5) is 5.69 Å². The molecule has 0 aliphatic rings. The van der Waals surface area contributed by atoms with Gasteiger partial charge in [0.2, 0.25) is 5.91 Å². The van der Waals surface area contributed by atoms with E-state index in [1.165, 1.54) is 0 Å². The third kappa shape index (κ3) is 5.02. The van der Waals surface area contributed by atoms with Crippen molar-refractivity contribution in [3.8, 4) is 6.07 Å². The van der Waals surface area contributed by atoms with Crippen molar-refractivity contribution in [3.05, 3.63) is 28.2 Å². The van der Waals surface area contributed by atoms with Crippen LogP contribution in [0.2, 0.25) is 0 Å². The SMILES string of the molecule is CC(C)(CC(=O)O)CC(=O)Nc1ccc(Br)cc1C#N. The monoisotopic (exact) mass is 338 g/mol. The maximum atomic E-state index is 11.9. The van der Waals surface area contributed by atoms with Gasteiger partial charge < -0.3 is 10.4 Å². The topological polar surface area (TPSA) is 90.2 Å². The van der Waals surface area contributed by atoms with Gasteiger partial charge in [-0.05, 0) is 23.6 Å². The predicted octanol–water partition coefficient (Wildman–Crippen LogP) is 3.15. The number of aliphatic carboxylic acids is 1. The number of carboxylic acid groups (broad SMARTS) is 1. The van der Waals surface area contributed by atoms with Crippen LogP contribution in [0.15, 0.2) is 22.7 Å². The van der Waals surface area contributed by atoms with Gasteiger partial charge in [0, 0.05) is 10.9 Å². The highest BCUT2D eigenvalue weighted by Gasteiger charge is 2.25. The van der Waals surface area contributed by atoms with Gasteiger partial charge in [-0.1, -0.05) is 29.8 Å². The van der Waals surface area contributed by atoms with Crippen LogP contribution in [0, 0.1) is 16.7 Å². The maximum absolute atomic E-state index is 11.9. The maximum Gasteiger partial charge on any atom is 0.303 e. The second-order valence-electron chi connectivity index (χ2n) is 5.26. The fourth-order valence-electron chi connectivity index (χ4n) is 1.82. The first-order valence-corrected chi connectivity index (χ1v) is 6.74. The Morgan fingerprint density at radius 3 is 2.60 bits per heavy atom. The molecule has 1 aromatic carbocycles. The molecule has 0 aliphatic carbocycles. The summed E-state index contributed by atoms with van der Waals surface area (Å²) in [5, 5.41) is 20.4. The summed E-state index contributed by atoms with van der Waals surface area (Å²) in [6.45, 7) is 3.43. The van der Waals surface area contributed by atoms with Crippen LogP contribution >= 0.6 is 15.9 Å². The molecule has 0 bridgehead atoms. The first-order valence-electron chi connectivity index (χ1n) is 5.95. The third-order valence-electron chi connectivity index (χ3n) is 2.65. The van der Waals surface area contributed by atoms with Crippen molar-refractivity contribution in [1.82, 2.24) is 0 Å². The Balaban J connectivity index is 2.77. The van der Waals surface area contributed by atoms with Crippen LogP contribution in [0.1, 0.15) is 32.3 Å². The molecule has 0 unspecified atom stereocenters. The summed E-state index contributed by atoms with van der Waals surface area (Å²) in [6, 6.07) is 6.96. The number of nitrogens with one attached hydrogen (secondary N) is 1. The Morgan fingerprint density at radius 2 is 2.05 bits per heavy atom. The van der Waals surface area contributed by atoms with Crippen molar-refractivity contribution in [2.45, 2.75) is 26.7 Å². The average molecular weight is 339 g/mol. The zero-order valence-corrected chi connectivity index (χ0v) is 12.8. The van der Waals surface area contributed by atoms with E-state index in [2.05, 4.69) is 21.2 Å². The fraction of sp³-hybridized carbons (Fsp3) is 0.357. The number of rotatable bonds is 5. The molecular weight excluding hydrogens is 324 g/mol. The number of amides is 1. The Labute approximate surface area is 125 Å². The van der Waals surface area contributed by atoms with Crippen LogP contribution < -0.4 is 5.32 Å². The minimum atomic E-state index is -0.941. The number of nitriles is 1. The molecule has 0 saturated carbocycles. The van der Waals surface area contributed by atoms with Gasteiger partial charge >= 0.3 is 5.97 Å². The number of hydrogen-bond donors (Lipinski definition) is 2. The van der Waals surface area contributed by atoms with E-state index in [4.69, 9.17) is 10.4 Å². The van der Waals surface area contributed by atoms with Crippen LogP contribution in [-0.4, -0.2) is 17.0 Å². The average Bonchev–Trinajstić information content (AvgIpc) is 2.28. The van der Waals surface area contributed by atoms with Gasteiger partial charge in [-0.25, -0.2) is 0 Å². The molecule has 5 nitrogen and oxygen atoms in total. The number of halogens is 1. The molecule has 1 amide bonds. The van der Waals surface area contributed by atoms with Gasteiger partial charge in [-0.15, -0.1) is 0 Å². The summed E-state index contributed by atoms with van der Waals surface area (Å²) in [6.07, 6.45) is -0.0217. The lowest BCUT2D eigenvalue weighted by Gasteiger charge is -2.21. The molecule has 0 heterocycles. The largest absolute Gasteiger partial charge is 0.481 e. The molecule has 0 aromatic heterocycles. The second-order valence-corrected chi connectivity index (χ2v) is 6.18. The molecule has 20 heavy (non-hydrogen) atoms. The van der Waals surface area contributed by atoms with Gasteiger partial charge in [-0.3, -0.25) is 9.59 Å². The summed E-state index contributed by atoms with van der Waals surface area (Å²) in [5.74, 6) is -1.25. The number of anilines is 1. The summed E-state index contributed by atoms with van der Waals surface area (Å²) in [7, 11) is 0. The Hall–Kier alpha value is -1.87. The van der Waals surface area contributed by atoms with Crippen molar-refractivity contribution < 1.29 is 14.7 Å². The summed E-state index contributed by atoms with van der Waals surface area (Å²) in [5.41, 5.74) is 0.133. The molecule has 0 radical (unpaired) electrons. The highest BCUT2D eigenvalue weighted by Crippen LogP contribution is 2.26. The van der Waals surface area contributed by atoms with E-state index in [-0.39, 0.29) is 18.7 Å². The smallest absolute Gasteiger partial charge is 0.303 e. The van der Waals surface area contributed by atoms with Crippen molar-refractivity contribution >= 4 is 33.5 Å². The van der Waals surface area contributed by atoms with Crippen molar-refractivity contribution in [1.29, 1.82) is 5.26 Å². The van der Waals surface area contributed by atoms with Crippen LogP contribution in [-0.2, 0) is 9.59 Å². The lowest BCUT2D eigenvalue weighted by Crippen LogP contribution is -2.25. The van der Waals surface area contributed by atoms with E-state index in [9.17, 15) is 9.59 Å². The minimum absolute atomic E-state index is 0.0697. The summed E-state index contributed by atoms with van der Waals surface area (Å²) >= 11 is 3.25. The van der Waals surface area contributed by atoms with E-state index in [0.717, 1.165) is 4.47 Å². The molecule has 0 spiro atoms. The van der Waals surface area contributed by atoms with Crippen molar-refractivity contribution in [3.63, 3.8) is 0 Å². The molecule has 0 aliphatic heterocycles. The first-order chi connectivity index (χ1) is 9.23.